The summed E-state index contributed by atoms with van der Waals surface area (Å²) in [5.41, 5.74) is 0. The SMILES string of the molecule is COc1ccc(OCCC(=O)OC(C)C(=O)NC(C)C)cc1. The van der Waals surface area contributed by atoms with Gasteiger partial charge >= 0.3 is 5.97 Å². The fourth-order valence-corrected chi connectivity index (χ4v) is 1.64. The lowest BCUT2D eigenvalue weighted by atomic mass is 10.3. The highest BCUT2D eigenvalue weighted by Gasteiger charge is 2.18. The Morgan fingerprint density at radius 3 is 2.23 bits per heavy atom. The summed E-state index contributed by atoms with van der Waals surface area (Å²) in [6, 6.07) is 7.05. The number of hydrogen-bond acceptors (Lipinski definition) is 5. The van der Waals surface area contributed by atoms with E-state index in [1.165, 1.54) is 0 Å². The Labute approximate surface area is 130 Å². The number of ether oxygens (including phenoxy) is 3. The summed E-state index contributed by atoms with van der Waals surface area (Å²) in [7, 11) is 1.59. The average molecular weight is 309 g/mol. The predicted molar refractivity (Wildman–Crippen MR) is 81.9 cm³/mol. The highest BCUT2D eigenvalue weighted by molar-refractivity contribution is 5.83. The quantitative estimate of drug-likeness (QED) is 0.743. The van der Waals surface area contributed by atoms with Crippen LogP contribution in [0, 0.1) is 0 Å². The number of nitrogens with one attached hydrogen (secondary N) is 1. The van der Waals surface area contributed by atoms with Crippen LogP contribution in [0.1, 0.15) is 27.2 Å². The first kappa shape index (κ1) is 17.8. The number of hydrogen-bond donors (Lipinski definition) is 1. The van der Waals surface area contributed by atoms with Gasteiger partial charge in [0.2, 0.25) is 0 Å². The van der Waals surface area contributed by atoms with Crippen molar-refractivity contribution in [3.63, 3.8) is 0 Å². The van der Waals surface area contributed by atoms with Crippen LogP contribution in [0.3, 0.4) is 0 Å². The van der Waals surface area contributed by atoms with Gasteiger partial charge in [0, 0.05) is 6.04 Å². The lowest BCUT2D eigenvalue weighted by Crippen LogP contribution is -2.39. The molecule has 0 radical (unpaired) electrons. The Morgan fingerprint density at radius 2 is 1.68 bits per heavy atom. The predicted octanol–water partition coefficient (Wildman–Crippen LogP) is 1.92. The number of carbonyl (C=O) groups is 2. The van der Waals surface area contributed by atoms with Gasteiger partial charge < -0.3 is 19.5 Å². The second-order valence-electron chi connectivity index (χ2n) is 5.07. The molecular weight excluding hydrogens is 286 g/mol. The van der Waals surface area contributed by atoms with Crippen molar-refractivity contribution in [2.45, 2.75) is 39.3 Å². The minimum Gasteiger partial charge on any atom is -0.497 e. The summed E-state index contributed by atoms with van der Waals surface area (Å²) in [5, 5.41) is 2.68. The summed E-state index contributed by atoms with van der Waals surface area (Å²) in [5.74, 6) is 0.593. The van der Waals surface area contributed by atoms with E-state index in [0.29, 0.717) is 5.75 Å². The van der Waals surface area contributed by atoms with E-state index in [2.05, 4.69) is 5.32 Å². The summed E-state index contributed by atoms with van der Waals surface area (Å²) in [4.78, 5) is 23.2. The second-order valence-corrected chi connectivity index (χ2v) is 5.07. The summed E-state index contributed by atoms with van der Waals surface area (Å²) in [6.07, 6.45) is -0.735. The Kier molecular flexibility index (Phi) is 7.22. The van der Waals surface area contributed by atoms with Gasteiger partial charge in [-0.15, -0.1) is 0 Å². The molecule has 0 aliphatic rings. The number of methoxy groups -OCH3 is 1. The third-order valence-corrected chi connectivity index (χ3v) is 2.74. The fraction of sp³-hybridized carbons (Fsp3) is 0.500. The molecule has 122 valence electrons. The van der Waals surface area contributed by atoms with Crippen molar-refractivity contribution < 1.29 is 23.8 Å². The number of benzene rings is 1. The van der Waals surface area contributed by atoms with E-state index in [1.54, 1.807) is 38.3 Å². The van der Waals surface area contributed by atoms with Gasteiger partial charge in [0.05, 0.1) is 20.1 Å². The summed E-state index contributed by atoms with van der Waals surface area (Å²) in [6.45, 7) is 5.41. The molecular formula is C16H23NO5. The molecule has 0 bridgehead atoms. The van der Waals surface area contributed by atoms with Crippen LogP contribution >= 0.6 is 0 Å². The van der Waals surface area contributed by atoms with E-state index < -0.39 is 12.1 Å². The zero-order valence-electron chi connectivity index (χ0n) is 13.4. The molecule has 0 aliphatic carbocycles. The second kappa shape index (κ2) is 8.92. The Balaban J connectivity index is 2.29. The van der Waals surface area contributed by atoms with Crippen LogP contribution in [-0.2, 0) is 14.3 Å². The van der Waals surface area contributed by atoms with Crippen LogP contribution in [0.2, 0.25) is 0 Å². The van der Waals surface area contributed by atoms with Crippen molar-refractivity contribution in [3.8, 4) is 11.5 Å². The van der Waals surface area contributed by atoms with E-state index in [-0.39, 0.29) is 25.0 Å². The summed E-state index contributed by atoms with van der Waals surface area (Å²) >= 11 is 0. The lowest BCUT2D eigenvalue weighted by Gasteiger charge is -2.15. The van der Waals surface area contributed by atoms with Crippen LogP contribution in [0.5, 0.6) is 11.5 Å². The minimum atomic E-state index is -0.809. The molecule has 0 aromatic heterocycles. The smallest absolute Gasteiger partial charge is 0.310 e. The Hall–Kier alpha value is -2.24. The maximum Gasteiger partial charge on any atom is 0.310 e. The number of esters is 1. The van der Waals surface area contributed by atoms with Crippen LogP contribution < -0.4 is 14.8 Å². The Bertz CT molecular complexity index is 484. The summed E-state index contributed by atoms with van der Waals surface area (Å²) < 4.78 is 15.5. The molecule has 1 atom stereocenters. The van der Waals surface area contributed by atoms with Crippen molar-refractivity contribution in [3.05, 3.63) is 24.3 Å². The van der Waals surface area contributed by atoms with Crippen molar-refractivity contribution in [1.82, 2.24) is 5.32 Å². The van der Waals surface area contributed by atoms with Gasteiger partial charge in [0.1, 0.15) is 11.5 Å². The first-order valence-electron chi connectivity index (χ1n) is 7.19. The van der Waals surface area contributed by atoms with Gasteiger partial charge in [0.25, 0.3) is 5.91 Å². The molecule has 0 fully saturated rings. The van der Waals surface area contributed by atoms with Crippen LogP contribution in [0.25, 0.3) is 0 Å². The number of carbonyl (C=O) groups excluding carboxylic acids is 2. The molecule has 1 rings (SSSR count). The Morgan fingerprint density at radius 1 is 1.09 bits per heavy atom. The standard InChI is InChI=1S/C16H23NO5/c1-11(2)17-16(19)12(3)22-15(18)9-10-21-14-7-5-13(20-4)6-8-14/h5-8,11-12H,9-10H2,1-4H3,(H,17,19). The molecule has 1 amide bonds. The topological polar surface area (TPSA) is 73.9 Å². The molecule has 1 unspecified atom stereocenters. The highest BCUT2D eigenvalue weighted by Crippen LogP contribution is 2.17. The van der Waals surface area contributed by atoms with Crippen LogP contribution in [-0.4, -0.2) is 37.7 Å². The van der Waals surface area contributed by atoms with E-state index in [4.69, 9.17) is 14.2 Å². The van der Waals surface area contributed by atoms with Gasteiger partial charge in [-0.2, -0.15) is 0 Å². The van der Waals surface area contributed by atoms with Crippen molar-refractivity contribution in [1.29, 1.82) is 0 Å². The maximum atomic E-state index is 11.6. The number of rotatable bonds is 8. The molecule has 1 aromatic carbocycles. The average Bonchev–Trinajstić information content (AvgIpc) is 2.47. The monoisotopic (exact) mass is 309 g/mol. The normalized spacial score (nSPS) is 11.7. The third kappa shape index (κ3) is 6.47. The minimum absolute atomic E-state index is 0.00653. The van der Waals surface area contributed by atoms with E-state index in [0.717, 1.165) is 5.75 Å². The van der Waals surface area contributed by atoms with E-state index in [1.807, 2.05) is 13.8 Å². The van der Waals surface area contributed by atoms with Gasteiger partial charge in [0.15, 0.2) is 6.10 Å². The highest BCUT2D eigenvalue weighted by atomic mass is 16.5. The van der Waals surface area contributed by atoms with E-state index in [9.17, 15) is 9.59 Å². The van der Waals surface area contributed by atoms with E-state index >= 15 is 0 Å². The van der Waals surface area contributed by atoms with Gasteiger partial charge in [-0.3, -0.25) is 9.59 Å². The van der Waals surface area contributed by atoms with Crippen LogP contribution in [0.4, 0.5) is 0 Å². The fourth-order valence-electron chi connectivity index (χ4n) is 1.64. The molecule has 0 heterocycles. The molecule has 1 N–H and O–H groups in total. The maximum absolute atomic E-state index is 11.6. The van der Waals surface area contributed by atoms with Gasteiger partial charge in [-0.05, 0) is 45.0 Å². The lowest BCUT2D eigenvalue weighted by molar-refractivity contribution is -0.155. The largest absolute Gasteiger partial charge is 0.497 e. The molecule has 0 saturated carbocycles. The molecule has 6 heteroatoms. The zero-order chi connectivity index (χ0) is 16.5. The van der Waals surface area contributed by atoms with Gasteiger partial charge in [-0.25, -0.2) is 0 Å². The molecule has 1 aromatic rings. The van der Waals surface area contributed by atoms with Crippen molar-refractivity contribution >= 4 is 11.9 Å². The molecule has 0 spiro atoms. The van der Waals surface area contributed by atoms with Gasteiger partial charge in [-0.1, -0.05) is 0 Å². The molecule has 0 saturated heterocycles. The van der Waals surface area contributed by atoms with Crippen LogP contribution in [0.15, 0.2) is 24.3 Å². The zero-order valence-corrected chi connectivity index (χ0v) is 13.4. The first-order chi connectivity index (χ1) is 10.4. The van der Waals surface area contributed by atoms with Crippen molar-refractivity contribution in [2.24, 2.45) is 0 Å². The third-order valence-electron chi connectivity index (χ3n) is 2.74. The van der Waals surface area contributed by atoms with Crippen molar-refractivity contribution in [2.75, 3.05) is 13.7 Å². The number of amides is 1. The molecule has 0 aliphatic heterocycles. The molecule has 22 heavy (non-hydrogen) atoms. The molecule has 6 nitrogen and oxygen atoms in total. The first-order valence-corrected chi connectivity index (χ1v) is 7.19.